The van der Waals surface area contributed by atoms with Gasteiger partial charge in [-0.1, -0.05) is 28.8 Å². The molecule has 5 nitrogen and oxygen atoms in total. The van der Waals surface area contributed by atoms with Crippen molar-refractivity contribution in [1.29, 1.82) is 0 Å². The molecule has 90 valence electrons. The summed E-state index contributed by atoms with van der Waals surface area (Å²) in [4.78, 5) is 24.9. The number of urea groups is 1. The number of rotatable bonds is 3. The van der Waals surface area contributed by atoms with E-state index in [2.05, 4.69) is 21.2 Å². The van der Waals surface area contributed by atoms with E-state index >= 15 is 0 Å². The van der Waals surface area contributed by atoms with Crippen LogP contribution in [0.5, 0.6) is 0 Å². The summed E-state index contributed by atoms with van der Waals surface area (Å²) in [6.45, 7) is 0.0671. The Balaban J connectivity index is 2.10. The summed E-state index contributed by atoms with van der Waals surface area (Å²) >= 11 is 3.12. The molecule has 2 rings (SSSR count). The molecular formula is C10H15BrN2O3. The Hall–Kier alpha value is -0.620. The van der Waals surface area contributed by atoms with Crippen LogP contribution in [-0.2, 0) is 4.79 Å². The van der Waals surface area contributed by atoms with Gasteiger partial charge in [-0.25, -0.2) is 4.79 Å². The minimum Gasteiger partial charge on any atom is -0.390 e. The van der Waals surface area contributed by atoms with Gasteiger partial charge in [-0.05, 0) is 12.8 Å². The lowest BCUT2D eigenvalue weighted by atomic mass is 9.98. The standard InChI is InChI=1S/C10H15BrN2O3/c11-5-7(14)6-13-8(15)10(12-9(13)16)3-1-2-4-10/h7,14H,1-6H2,(H,12,16). The van der Waals surface area contributed by atoms with E-state index in [1.165, 1.54) is 0 Å². The Labute approximate surface area is 102 Å². The first-order chi connectivity index (χ1) is 7.59. The van der Waals surface area contributed by atoms with Gasteiger partial charge in [0, 0.05) is 5.33 Å². The summed E-state index contributed by atoms with van der Waals surface area (Å²) in [6, 6.07) is -0.369. The molecule has 0 aromatic heterocycles. The highest BCUT2D eigenvalue weighted by Crippen LogP contribution is 2.34. The molecule has 2 fully saturated rings. The number of nitrogens with zero attached hydrogens (tertiary/aromatic N) is 1. The van der Waals surface area contributed by atoms with Gasteiger partial charge in [0.25, 0.3) is 5.91 Å². The van der Waals surface area contributed by atoms with E-state index in [0.717, 1.165) is 30.6 Å². The molecule has 1 spiro atoms. The minimum atomic E-state index is -0.703. The second-order valence-corrected chi connectivity index (χ2v) is 5.09. The first-order valence-corrected chi connectivity index (χ1v) is 6.59. The van der Waals surface area contributed by atoms with Crippen LogP contribution in [0.15, 0.2) is 0 Å². The fourth-order valence-electron chi connectivity index (χ4n) is 2.42. The summed E-state index contributed by atoms with van der Waals surface area (Å²) in [5.74, 6) is -0.171. The molecule has 16 heavy (non-hydrogen) atoms. The monoisotopic (exact) mass is 290 g/mol. The quantitative estimate of drug-likeness (QED) is 0.591. The van der Waals surface area contributed by atoms with Crippen LogP contribution in [0.25, 0.3) is 0 Å². The van der Waals surface area contributed by atoms with Gasteiger partial charge in [0.1, 0.15) is 5.54 Å². The molecule has 1 aliphatic heterocycles. The zero-order valence-electron chi connectivity index (χ0n) is 8.91. The SMILES string of the molecule is O=C1NC2(CCCC2)C(=O)N1CC(O)CBr. The number of alkyl halides is 1. The number of aliphatic hydroxyl groups excluding tert-OH is 1. The fraction of sp³-hybridized carbons (Fsp3) is 0.800. The van der Waals surface area contributed by atoms with E-state index in [4.69, 9.17) is 0 Å². The summed E-state index contributed by atoms with van der Waals surface area (Å²) in [5.41, 5.74) is -0.664. The lowest BCUT2D eigenvalue weighted by Gasteiger charge is -2.20. The van der Waals surface area contributed by atoms with Crippen molar-refractivity contribution in [3.63, 3.8) is 0 Å². The number of β-amino-alcohol motifs (C(OH)–C–C–N with tert-alkyl or cyclic N) is 1. The zero-order chi connectivity index (χ0) is 11.8. The Morgan fingerprint density at radius 1 is 1.44 bits per heavy atom. The van der Waals surface area contributed by atoms with E-state index in [1.807, 2.05) is 0 Å². The van der Waals surface area contributed by atoms with Crippen molar-refractivity contribution < 1.29 is 14.7 Å². The van der Waals surface area contributed by atoms with Gasteiger partial charge < -0.3 is 10.4 Å². The van der Waals surface area contributed by atoms with E-state index in [0.29, 0.717) is 5.33 Å². The average molecular weight is 291 g/mol. The van der Waals surface area contributed by atoms with Crippen molar-refractivity contribution in [2.75, 3.05) is 11.9 Å². The molecule has 2 N–H and O–H groups in total. The number of amides is 3. The Bertz CT molecular complexity index is 315. The van der Waals surface area contributed by atoms with Crippen molar-refractivity contribution >= 4 is 27.9 Å². The van der Waals surface area contributed by atoms with Crippen LogP contribution in [0.1, 0.15) is 25.7 Å². The summed E-state index contributed by atoms with van der Waals surface area (Å²) in [5, 5.41) is 12.6. The number of imide groups is 1. The van der Waals surface area contributed by atoms with Gasteiger partial charge in [-0.15, -0.1) is 0 Å². The molecule has 6 heteroatoms. The van der Waals surface area contributed by atoms with Gasteiger partial charge in [-0.2, -0.15) is 0 Å². The minimum absolute atomic E-state index is 0.0671. The first-order valence-electron chi connectivity index (χ1n) is 5.47. The number of halogens is 1. The van der Waals surface area contributed by atoms with Gasteiger partial charge >= 0.3 is 6.03 Å². The second kappa shape index (κ2) is 4.33. The number of aliphatic hydroxyl groups is 1. The maximum Gasteiger partial charge on any atom is 0.325 e. The van der Waals surface area contributed by atoms with E-state index in [1.54, 1.807) is 0 Å². The second-order valence-electron chi connectivity index (χ2n) is 4.44. The average Bonchev–Trinajstić information content (AvgIpc) is 2.81. The molecular weight excluding hydrogens is 276 g/mol. The number of nitrogens with one attached hydrogen (secondary N) is 1. The molecule has 0 radical (unpaired) electrons. The Morgan fingerprint density at radius 2 is 2.06 bits per heavy atom. The summed E-state index contributed by atoms with van der Waals surface area (Å²) in [7, 11) is 0. The fourth-order valence-corrected chi connectivity index (χ4v) is 2.62. The maximum absolute atomic E-state index is 12.1. The molecule has 1 unspecified atom stereocenters. The number of hydrogen-bond donors (Lipinski definition) is 2. The van der Waals surface area contributed by atoms with E-state index in [-0.39, 0.29) is 18.5 Å². The van der Waals surface area contributed by atoms with Crippen molar-refractivity contribution in [1.82, 2.24) is 10.2 Å². The molecule has 1 saturated heterocycles. The highest BCUT2D eigenvalue weighted by atomic mass is 79.9. The normalized spacial score (nSPS) is 25.2. The topological polar surface area (TPSA) is 69.6 Å². The number of carbonyl (C=O) groups excluding carboxylic acids is 2. The molecule has 1 atom stereocenters. The number of hydrogen-bond acceptors (Lipinski definition) is 3. The molecule has 3 amide bonds. The molecule has 2 aliphatic rings. The van der Waals surface area contributed by atoms with E-state index in [9.17, 15) is 14.7 Å². The summed E-state index contributed by atoms with van der Waals surface area (Å²) < 4.78 is 0. The van der Waals surface area contributed by atoms with Crippen LogP contribution in [0, 0.1) is 0 Å². The van der Waals surface area contributed by atoms with Crippen molar-refractivity contribution in [2.45, 2.75) is 37.3 Å². The lowest BCUT2D eigenvalue weighted by Crippen LogP contribution is -2.44. The van der Waals surface area contributed by atoms with Crippen molar-refractivity contribution in [3.05, 3.63) is 0 Å². The predicted molar refractivity (Wildman–Crippen MR) is 61.2 cm³/mol. The van der Waals surface area contributed by atoms with Gasteiger partial charge in [-0.3, -0.25) is 9.69 Å². The maximum atomic E-state index is 12.1. The third kappa shape index (κ3) is 1.84. The zero-order valence-corrected chi connectivity index (χ0v) is 10.5. The number of carbonyl (C=O) groups is 2. The van der Waals surface area contributed by atoms with Crippen LogP contribution >= 0.6 is 15.9 Å². The van der Waals surface area contributed by atoms with Crippen LogP contribution < -0.4 is 5.32 Å². The third-order valence-corrected chi connectivity index (χ3v) is 4.02. The van der Waals surface area contributed by atoms with E-state index < -0.39 is 11.6 Å². The molecule has 0 aromatic rings. The lowest BCUT2D eigenvalue weighted by molar-refractivity contribution is -0.131. The molecule has 0 bridgehead atoms. The van der Waals surface area contributed by atoms with Gasteiger partial charge in [0.15, 0.2) is 0 Å². The highest BCUT2D eigenvalue weighted by Gasteiger charge is 2.52. The largest absolute Gasteiger partial charge is 0.390 e. The highest BCUT2D eigenvalue weighted by molar-refractivity contribution is 9.09. The van der Waals surface area contributed by atoms with Gasteiger partial charge in [0.05, 0.1) is 12.6 Å². The van der Waals surface area contributed by atoms with Gasteiger partial charge in [0.2, 0.25) is 0 Å². The molecule has 1 aliphatic carbocycles. The molecule has 1 heterocycles. The predicted octanol–water partition coefficient (Wildman–Crippen LogP) is 0.607. The third-order valence-electron chi connectivity index (χ3n) is 3.27. The smallest absolute Gasteiger partial charge is 0.325 e. The van der Waals surface area contributed by atoms with Crippen LogP contribution in [-0.4, -0.2) is 45.5 Å². The van der Waals surface area contributed by atoms with Crippen molar-refractivity contribution in [3.8, 4) is 0 Å². The summed E-state index contributed by atoms with van der Waals surface area (Å²) in [6.07, 6.45) is 2.69. The van der Waals surface area contributed by atoms with Crippen LogP contribution in [0.2, 0.25) is 0 Å². The molecule has 1 saturated carbocycles. The van der Waals surface area contributed by atoms with Crippen LogP contribution in [0.4, 0.5) is 4.79 Å². The Kier molecular flexibility index (Phi) is 3.21. The van der Waals surface area contributed by atoms with Crippen LogP contribution in [0.3, 0.4) is 0 Å². The first kappa shape index (κ1) is 11.9. The van der Waals surface area contributed by atoms with Crippen molar-refractivity contribution in [2.24, 2.45) is 0 Å². The Morgan fingerprint density at radius 3 is 2.62 bits per heavy atom. The molecule has 0 aromatic carbocycles.